The van der Waals surface area contributed by atoms with Gasteiger partial charge < -0.3 is 0 Å². The lowest BCUT2D eigenvalue weighted by Crippen LogP contribution is -2.11. The Labute approximate surface area is 204 Å². The number of halogens is 7. The van der Waals surface area contributed by atoms with E-state index in [1.54, 1.807) is 18.1 Å². The summed E-state index contributed by atoms with van der Waals surface area (Å²) in [5, 5.41) is 0.206. The molecule has 0 bridgehead atoms. The van der Waals surface area contributed by atoms with Gasteiger partial charge in [-0.1, -0.05) is 48.4 Å². The van der Waals surface area contributed by atoms with Crippen LogP contribution in [0.25, 0.3) is 22.9 Å². The summed E-state index contributed by atoms with van der Waals surface area (Å²) in [7, 11) is 0. The van der Waals surface area contributed by atoms with Gasteiger partial charge in [0.1, 0.15) is 23.3 Å². The molecular formula is C29H21F7. The molecule has 0 spiro atoms. The van der Waals surface area contributed by atoms with Crippen LogP contribution in [0.3, 0.4) is 0 Å². The molecule has 0 amide bonds. The number of fused-ring (bicyclic) bond motifs is 1. The van der Waals surface area contributed by atoms with E-state index in [0.29, 0.717) is 5.56 Å². The highest BCUT2D eigenvalue weighted by Gasteiger charge is 2.24. The van der Waals surface area contributed by atoms with Crippen molar-refractivity contribution in [1.29, 1.82) is 0 Å². The molecule has 1 fully saturated rings. The standard InChI is InChI=1S/C29H21F7/c30-25-2-1-3-26(31)23(25)13-10-19-6-4-18(5-7-19)8-9-20-11-12-22-21(16-20)17-27(32)24(28(22)33)14-15-29(34,35)36/h1-3,8-13,16-19H,4-7H2/b9-8+,13-10+. The molecule has 4 rings (SSSR count). The Hall–Kier alpha value is -3.53. The third-order valence-electron chi connectivity index (χ3n) is 6.29. The Bertz CT molecular complexity index is 1360. The Morgan fingerprint density at radius 3 is 1.97 bits per heavy atom. The predicted molar refractivity (Wildman–Crippen MR) is 127 cm³/mol. The van der Waals surface area contributed by atoms with Crippen molar-refractivity contribution in [2.45, 2.75) is 31.9 Å². The molecule has 0 N–H and O–H groups in total. The van der Waals surface area contributed by atoms with E-state index in [4.69, 9.17) is 0 Å². The van der Waals surface area contributed by atoms with Crippen LogP contribution in [0.1, 0.15) is 42.4 Å². The second kappa shape index (κ2) is 10.6. The number of benzene rings is 3. The SMILES string of the molecule is Fc1cc2cc(/C=C/C3CCC(/C=C/c4c(F)cccc4F)CC3)ccc2c(F)c1C#CC(F)(F)F. The van der Waals surface area contributed by atoms with Crippen molar-refractivity contribution in [2.24, 2.45) is 11.8 Å². The summed E-state index contributed by atoms with van der Waals surface area (Å²) < 4.78 is 93.3. The van der Waals surface area contributed by atoms with Gasteiger partial charge in [0.2, 0.25) is 0 Å². The number of rotatable bonds is 4. The van der Waals surface area contributed by atoms with E-state index >= 15 is 0 Å². The van der Waals surface area contributed by atoms with Gasteiger partial charge >= 0.3 is 6.18 Å². The Morgan fingerprint density at radius 1 is 0.750 bits per heavy atom. The Kier molecular flexibility index (Phi) is 7.53. The average molecular weight is 502 g/mol. The van der Waals surface area contributed by atoms with Crippen LogP contribution in [-0.2, 0) is 0 Å². The zero-order chi connectivity index (χ0) is 25.9. The van der Waals surface area contributed by atoms with Gasteiger partial charge in [0.15, 0.2) is 0 Å². The van der Waals surface area contributed by atoms with Gasteiger partial charge in [-0.3, -0.25) is 0 Å². The predicted octanol–water partition coefficient (Wildman–Crippen LogP) is 8.84. The molecule has 0 nitrogen and oxygen atoms in total. The van der Waals surface area contributed by atoms with Crippen LogP contribution in [0, 0.1) is 46.9 Å². The van der Waals surface area contributed by atoms with E-state index in [1.807, 2.05) is 18.2 Å². The summed E-state index contributed by atoms with van der Waals surface area (Å²) in [4.78, 5) is 0. The lowest BCUT2D eigenvalue weighted by molar-refractivity contribution is -0.0696. The van der Waals surface area contributed by atoms with Crippen molar-refractivity contribution >= 4 is 22.9 Å². The molecule has 0 unspecified atom stereocenters. The number of allylic oxidation sites excluding steroid dienone is 2. The third-order valence-corrected chi connectivity index (χ3v) is 6.29. The van der Waals surface area contributed by atoms with Crippen LogP contribution in [-0.4, -0.2) is 6.18 Å². The van der Waals surface area contributed by atoms with Crippen LogP contribution in [0.15, 0.2) is 54.6 Å². The summed E-state index contributed by atoms with van der Waals surface area (Å²) in [5.74, 6) is -0.528. The number of hydrogen-bond acceptors (Lipinski definition) is 0. The first-order valence-electron chi connectivity index (χ1n) is 11.4. The lowest BCUT2D eigenvalue weighted by atomic mass is 9.81. The van der Waals surface area contributed by atoms with E-state index in [0.717, 1.165) is 37.7 Å². The highest BCUT2D eigenvalue weighted by molar-refractivity contribution is 5.87. The van der Waals surface area contributed by atoms with E-state index < -0.39 is 35.0 Å². The van der Waals surface area contributed by atoms with Gasteiger partial charge in [0, 0.05) is 16.9 Å². The smallest absolute Gasteiger partial charge is 0.206 e. The molecule has 7 heteroatoms. The van der Waals surface area contributed by atoms with Crippen molar-refractivity contribution in [1.82, 2.24) is 0 Å². The monoisotopic (exact) mass is 502 g/mol. The van der Waals surface area contributed by atoms with E-state index in [9.17, 15) is 30.7 Å². The second-order valence-electron chi connectivity index (χ2n) is 8.80. The normalized spacial score (nSPS) is 18.6. The molecule has 1 saturated carbocycles. The van der Waals surface area contributed by atoms with Gasteiger partial charge in [-0.2, -0.15) is 13.2 Å². The maximum Gasteiger partial charge on any atom is 0.458 e. The van der Waals surface area contributed by atoms with Crippen molar-refractivity contribution in [3.05, 3.63) is 94.6 Å². The quantitative estimate of drug-likeness (QED) is 0.247. The van der Waals surface area contributed by atoms with Crippen molar-refractivity contribution < 1.29 is 30.7 Å². The van der Waals surface area contributed by atoms with E-state index in [1.165, 1.54) is 30.3 Å². The zero-order valence-corrected chi connectivity index (χ0v) is 19.0. The van der Waals surface area contributed by atoms with Crippen molar-refractivity contribution in [3.8, 4) is 11.8 Å². The fraction of sp³-hybridized carbons (Fsp3) is 0.241. The molecule has 36 heavy (non-hydrogen) atoms. The largest absolute Gasteiger partial charge is 0.458 e. The molecule has 3 aromatic carbocycles. The van der Waals surface area contributed by atoms with Gasteiger partial charge in [-0.25, -0.2) is 17.6 Å². The summed E-state index contributed by atoms with van der Waals surface area (Å²) in [6.45, 7) is 0. The minimum Gasteiger partial charge on any atom is -0.206 e. The topological polar surface area (TPSA) is 0 Å². The molecular weight excluding hydrogens is 481 g/mol. The minimum atomic E-state index is -4.85. The molecule has 0 aliphatic heterocycles. The molecule has 186 valence electrons. The second-order valence-corrected chi connectivity index (χ2v) is 8.80. The summed E-state index contributed by atoms with van der Waals surface area (Å²) in [6.07, 6.45) is 5.84. The van der Waals surface area contributed by atoms with Gasteiger partial charge in [-0.15, -0.1) is 0 Å². The molecule has 0 atom stereocenters. The maximum absolute atomic E-state index is 14.6. The Morgan fingerprint density at radius 2 is 1.36 bits per heavy atom. The molecule has 1 aliphatic carbocycles. The fourth-order valence-corrected chi connectivity index (χ4v) is 4.38. The lowest BCUT2D eigenvalue weighted by Gasteiger charge is -2.24. The summed E-state index contributed by atoms with van der Waals surface area (Å²) >= 11 is 0. The van der Waals surface area contributed by atoms with Crippen LogP contribution < -0.4 is 0 Å². The van der Waals surface area contributed by atoms with E-state index in [2.05, 4.69) is 0 Å². The van der Waals surface area contributed by atoms with Crippen LogP contribution >= 0.6 is 0 Å². The highest BCUT2D eigenvalue weighted by Crippen LogP contribution is 2.32. The molecule has 1 aliphatic rings. The fourth-order valence-electron chi connectivity index (χ4n) is 4.38. The average Bonchev–Trinajstić information content (AvgIpc) is 2.82. The van der Waals surface area contributed by atoms with E-state index in [-0.39, 0.29) is 28.2 Å². The van der Waals surface area contributed by atoms with Gasteiger partial charge in [0.05, 0.1) is 5.56 Å². The highest BCUT2D eigenvalue weighted by atomic mass is 19.4. The van der Waals surface area contributed by atoms with Crippen molar-refractivity contribution in [3.63, 3.8) is 0 Å². The van der Waals surface area contributed by atoms with Crippen molar-refractivity contribution in [2.75, 3.05) is 0 Å². The molecule has 0 aromatic heterocycles. The first kappa shape index (κ1) is 25.6. The van der Waals surface area contributed by atoms with Crippen LogP contribution in [0.2, 0.25) is 0 Å². The summed E-state index contributed by atoms with van der Waals surface area (Å²) in [6, 6.07) is 9.32. The summed E-state index contributed by atoms with van der Waals surface area (Å²) in [5.41, 5.74) is -0.248. The minimum absolute atomic E-state index is 0.0152. The first-order chi connectivity index (χ1) is 17.1. The number of hydrogen-bond donors (Lipinski definition) is 0. The first-order valence-corrected chi connectivity index (χ1v) is 11.4. The van der Waals surface area contributed by atoms with Gasteiger partial charge in [-0.05, 0) is 72.7 Å². The number of alkyl halides is 3. The van der Waals surface area contributed by atoms with Crippen LogP contribution in [0.5, 0.6) is 0 Å². The third kappa shape index (κ3) is 6.17. The molecule has 0 saturated heterocycles. The van der Waals surface area contributed by atoms with Crippen LogP contribution in [0.4, 0.5) is 30.7 Å². The molecule has 0 heterocycles. The maximum atomic E-state index is 14.6. The van der Waals surface area contributed by atoms with Gasteiger partial charge in [0.25, 0.3) is 0 Å². The molecule has 3 aromatic rings. The Balaban J connectivity index is 1.42. The molecule has 0 radical (unpaired) electrons. The zero-order valence-electron chi connectivity index (χ0n) is 19.0.